The summed E-state index contributed by atoms with van der Waals surface area (Å²) in [7, 11) is 0. The molecular formula is C19H13F5N4O3. The second kappa shape index (κ2) is 8.13. The fourth-order valence-electron chi connectivity index (χ4n) is 2.99. The number of amides is 1. The Kier molecular flexibility index (Phi) is 5.73. The van der Waals surface area contributed by atoms with Gasteiger partial charge in [0.2, 0.25) is 5.82 Å². The number of anilines is 1. The van der Waals surface area contributed by atoms with Gasteiger partial charge in [-0.05, 0) is 31.5 Å². The zero-order valence-corrected chi connectivity index (χ0v) is 16.0. The summed E-state index contributed by atoms with van der Waals surface area (Å²) in [5.41, 5.74) is -0.842. The van der Waals surface area contributed by atoms with E-state index in [1.54, 1.807) is 11.4 Å². The molecule has 1 amide bonds. The highest BCUT2D eigenvalue weighted by Crippen LogP contribution is 2.28. The minimum Gasteiger partial charge on any atom is -0.317 e. The molecule has 0 atom stereocenters. The predicted octanol–water partition coefficient (Wildman–Crippen LogP) is 4.40. The van der Waals surface area contributed by atoms with Crippen LogP contribution in [0.4, 0.5) is 33.3 Å². The van der Waals surface area contributed by atoms with Crippen molar-refractivity contribution in [3.8, 4) is 0 Å². The Morgan fingerprint density at radius 3 is 2.19 bits per heavy atom. The maximum Gasteiger partial charge on any atom is 0.312 e. The third-order valence-corrected chi connectivity index (χ3v) is 4.50. The van der Waals surface area contributed by atoms with Gasteiger partial charge in [0.05, 0.1) is 11.5 Å². The molecule has 162 valence electrons. The Hall–Kier alpha value is -3.83. The first-order chi connectivity index (χ1) is 14.5. The van der Waals surface area contributed by atoms with Gasteiger partial charge >= 0.3 is 5.69 Å². The number of hydrogen-bond acceptors (Lipinski definition) is 4. The smallest absolute Gasteiger partial charge is 0.312 e. The average molecular weight is 440 g/mol. The summed E-state index contributed by atoms with van der Waals surface area (Å²) in [4.78, 5) is 22.9. The zero-order valence-electron chi connectivity index (χ0n) is 16.0. The fraction of sp³-hybridized carbons (Fsp3) is 0.158. The number of nitrogens with zero attached hydrogens (tertiary/aromatic N) is 3. The number of aromatic nitrogens is 2. The molecule has 0 aliphatic carbocycles. The number of aryl methyl sites for hydroxylation is 1. The molecule has 2 aromatic carbocycles. The second-order valence-electron chi connectivity index (χ2n) is 6.53. The number of nitro groups is 1. The Morgan fingerprint density at radius 2 is 1.65 bits per heavy atom. The van der Waals surface area contributed by atoms with Crippen LogP contribution in [-0.4, -0.2) is 20.6 Å². The first-order valence-electron chi connectivity index (χ1n) is 8.63. The van der Waals surface area contributed by atoms with Crippen LogP contribution in [0.2, 0.25) is 0 Å². The summed E-state index contributed by atoms with van der Waals surface area (Å²) in [6, 6.07) is 5.54. The monoisotopic (exact) mass is 440 g/mol. The highest BCUT2D eigenvalue weighted by molar-refractivity contribution is 6.04. The minimum absolute atomic E-state index is 0.0319. The molecule has 12 heteroatoms. The number of benzene rings is 2. The molecule has 31 heavy (non-hydrogen) atoms. The van der Waals surface area contributed by atoms with E-state index in [2.05, 4.69) is 5.10 Å². The third-order valence-electron chi connectivity index (χ3n) is 4.50. The fourth-order valence-corrected chi connectivity index (χ4v) is 2.99. The van der Waals surface area contributed by atoms with Crippen LogP contribution in [0.15, 0.2) is 24.3 Å². The molecule has 0 radical (unpaired) electrons. The Balaban J connectivity index is 1.89. The molecule has 0 aliphatic rings. The molecule has 1 heterocycles. The molecular weight excluding hydrogens is 427 g/mol. The lowest BCUT2D eigenvalue weighted by Gasteiger charge is -2.11. The Labute approximate surface area is 171 Å². The minimum atomic E-state index is -2.34. The molecule has 0 fully saturated rings. The SMILES string of the molecule is Cc1nn(Cc2cccc(C(=O)Nc3c(F)c(F)c(F)c(F)c3F)c2)c(C)c1[N+](=O)[O-]. The van der Waals surface area contributed by atoms with E-state index in [0.717, 1.165) is 0 Å². The topological polar surface area (TPSA) is 90.1 Å². The summed E-state index contributed by atoms with van der Waals surface area (Å²) in [5, 5.41) is 16.9. The van der Waals surface area contributed by atoms with Crippen LogP contribution in [0, 0.1) is 53.0 Å². The molecule has 0 aliphatic heterocycles. The second-order valence-corrected chi connectivity index (χ2v) is 6.53. The maximum absolute atomic E-state index is 13.8. The van der Waals surface area contributed by atoms with Gasteiger partial charge in [-0.15, -0.1) is 0 Å². The average Bonchev–Trinajstić information content (AvgIpc) is 3.01. The lowest BCUT2D eigenvalue weighted by molar-refractivity contribution is -0.386. The summed E-state index contributed by atoms with van der Waals surface area (Å²) >= 11 is 0. The zero-order chi connectivity index (χ0) is 23.0. The molecule has 0 bridgehead atoms. The quantitative estimate of drug-likeness (QED) is 0.209. The first-order valence-corrected chi connectivity index (χ1v) is 8.63. The van der Waals surface area contributed by atoms with E-state index in [-0.39, 0.29) is 29.2 Å². The van der Waals surface area contributed by atoms with Gasteiger partial charge in [-0.25, -0.2) is 22.0 Å². The Morgan fingerprint density at radius 1 is 1.06 bits per heavy atom. The maximum atomic E-state index is 13.8. The van der Waals surface area contributed by atoms with Crippen molar-refractivity contribution in [1.82, 2.24) is 9.78 Å². The van der Waals surface area contributed by atoms with Crippen LogP contribution in [0.25, 0.3) is 0 Å². The standard InChI is InChI=1S/C19H13F5N4O3/c1-8-18(28(30)31)9(2)27(26-8)7-10-4-3-5-11(6-10)19(29)25-17-15(23)13(21)12(20)14(22)16(17)24/h3-6H,7H2,1-2H3,(H,25,29). The van der Waals surface area contributed by atoms with E-state index >= 15 is 0 Å². The van der Waals surface area contributed by atoms with Crippen LogP contribution in [0.5, 0.6) is 0 Å². The van der Waals surface area contributed by atoms with E-state index in [1.165, 1.54) is 36.7 Å². The van der Waals surface area contributed by atoms with Crippen molar-refractivity contribution >= 4 is 17.3 Å². The lowest BCUT2D eigenvalue weighted by Crippen LogP contribution is -2.17. The van der Waals surface area contributed by atoms with Crippen molar-refractivity contribution < 1.29 is 31.7 Å². The lowest BCUT2D eigenvalue weighted by atomic mass is 10.1. The summed E-state index contributed by atoms with van der Waals surface area (Å²) in [6.45, 7) is 3.00. The largest absolute Gasteiger partial charge is 0.317 e. The molecule has 0 spiro atoms. The van der Waals surface area contributed by atoms with Gasteiger partial charge in [-0.3, -0.25) is 19.6 Å². The third kappa shape index (κ3) is 3.96. The predicted molar refractivity (Wildman–Crippen MR) is 98.1 cm³/mol. The van der Waals surface area contributed by atoms with Gasteiger partial charge < -0.3 is 5.32 Å². The van der Waals surface area contributed by atoms with E-state index in [1.807, 2.05) is 0 Å². The number of carbonyl (C=O) groups excluding carboxylic acids is 1. The summed E-state index contributed by atoms with van der Waals surface area (Å²) in [5.74, 6) is -12.2. The van der Waals surface area contributed by atoms with E-state index < -0.39 is 45.6 Å². The van der Waals surface area contributed by atoms with Crippen LogP contribution < -0.4 is 5.32 Å². The Bertz CT molecular complexity index is 1200. The van der Waals surface area contributed by atoms with E-state index in [4.69, 9.17) is 0 Å². The van der Waals surface area contributed by atoms with Gasteiger partial charge in [0.1, 0.15) is 17.1 Å². The molecule has 0 unspecified atom stereocenters. The van der Waals surface area contributed by atoms with Crippen LogP contribution in [-0.2, 0) is 6.54 Å². The van der Waals surface area contributed by atoms with Crippen LogP contribution >= 0.6 is 0 Å². The van der Waals surface area contributed by atoms with Gasteiger partial charge in [0.25, 0.3) is 5.91 Å². The highest BCUT2D eigenvalue weighted by Gasteiger charge is 2.27. The molecule has 3 aromatic rings. The number of hydrogen-bond donors (Lipinski definition) is 1. The van der Waals surface area contributed by atoms with Crippen molar-refractivity contribution in [2.45, 2.75) is 20.4 Å². The van der Waals surface area contributed by atoms with Gasteiger partial charge in [0.15, 0.2) is 23.3 Å². The van der Waals surface area contributed by atoms with Gasteiger partial charge in [-0.2, -0.15) is 5.10 Å². The summed E-state index contributed by atoms with van der Waals surface area (Å²) in [6.07, 6.45) is 0. The molecule has 7 nitrogen and oxygen atoms in total. The normalized spacial score (nSPS) is 10.9. The number of carbonyl (C=O) groups is 1. The molecule has 1 N–H and O–H groups in total. The summed E-state index contributed by atoms with van der Waals surface area (Å²) < 4.78 is 68.7. The number of rotatable bonds is 5. The van der Waals surface area contributed by atoms with Gasteiger partial charge in [0, 0.05) is 5.56 Å². The van der Waals surface area contributed by atoms with Crippen molar-refractivity contribution in [3.05, 3.63) is 86.0 Å². The number of halogens is 5. The highest BCUT2D eigenvalue weighted by atomic mass is 19.2. The molecule has 0 saturated carbocycles. The molecule has 0 saturated heterocycles. The van der Waals surface area contributed by atoms with Crippen molar-refractivity contribution in [1.29, 1.82) is 0 Å². The first kappa shape index (κ1) is 21.9. The van der Waals surface area contributed by atoms with Crippen molar-refractivity contribution in [2.24, 2.45) is 0 Å². The van der Waals surface area contributed by atoms with Gasteiger partial charge in [-0.1, -0.05) is 12.1 Å². The van der Waals surface area contributed by atoms with Crippen LogP contribution in [0.3, 0.4) is 0 Å². The van der Waals surface area contributed by atoms with E-state index in [9.17, 15) is 36.9 Å². The molecule has 3 rings (SSSR count). The van der Waals surface area contributed by atoms with Crippen molar-refractivity contribution in [2.75, 3.05) is 5.32 Å². The number of nitrogens with one attached hydrogen (secondary N) is 1. The van der Waals surface area contributed by atoms with Crippen molar-refractivity contribution in [3.63, 3.8) is 0 Å². The van der Waals surface area contributed by atoms with Crippen LogP contribution in [0.1, 0.15) is 27.3 Å². The molecule has 1 aromatic heterocycles. The van der Waals surface area contributed by atoms with E-state index in [0.29, 0.717) is 5.56 Å².